The maximum Gasteiger partial charge on any atom is 0.200 e. The molecule has 36 heavy (non-hydrogen) atoms. The molecule has 196 valence electrons. The lowest BCUT2D eigenvalue weighted by Crippen LogP contribution is -2.20. The van der Waals surface area contributed by atoms with Crippen molar-refractivity contribution in [2.24, 2.45) is 11.8 Å². The first-order valence-corrected chi connectivity index (χ1v) is 13.2. The van der Waals surface area contributed by atoms with E-state index in [0.29, 0.717) is 36.3 Å². The zero-order valence-corrected chi connectivity index (χ0v) is 21.0. The van der Waals surface area contributed by atoms with Crippen molar-refractivity contribution in [3.8, 4) is 11.5 Å². The smallest absolute Gasteiger partial charge is 0.200 e. The van der Waals surface area contributed by atoms with E-state index >= 15 is 0 Å². The number of hydrogen-bond donors (Lipinski definition) is 0. The van der Waals surface area contributed by atoms with Gasteiger partial charge >= 0.3 is 0 Å². The number of hydrogen-bond acceptors (Lipinski definition) is 2. The Balaban J connectivity index is 1.30. The Morgan fingerprint density at radius 1 is 0.722 bits per heavy atom. The van der Waals surface area contributed by atoms with Crippen LogP contribution in [0.15, 0.2) is 36.9 Å². The van der Waals surface area contributed by atoms with Crippen LogP contribution in [0.4, 0.5) is 17.6 Å². The topological polar surface area (TPSA) is 18.5 Å². The van der Waals surface area contributed by atoms with E-state index in [1.165, 1.54) is 6.07 Å². The van der Waals surface area contributed by atoms with Crippen LogP contribution in [-0.2, 0) is 0 Å². The molecule has 0 bridgehead atoms. The number of ether oxygens (including phenoxy) is 2. The quantitative estimate of drug-likeness (QED) is 0.193. The molecule has 0 amide bonds. The second-order valence-corrected chi connectivity index (χ2v) is 10.5. The second-order valence-electron chi connectivity index (χ2n) is 10.5. The van der Waals surface area contributed by atoms with Gasteiger partial charge < -0.3 is 9.47 Å². The fourth-order valence-corrected chi connectivity index (χ4v) is 5.62. The summed E-state index contributed by atoms with van der Waals surface area (Å²) in [6.07, 6.45) is 8.89. The summed E-state index contributed by atoms with van der Waals surface area (Å²) in [6.45, 7) is 6.30. The molecule has 0 aromatic heterocycles. The predicted octanol–water partition coefficient (Wildman–Crippen LogP) is 8.84. The lowest BCUT2D eigenvalue weighted by Gasteiger charge is -2.29. The largest absolute Gasteiger partial charge is 0.490 e. The Kier molecular flexibility index (Phi) is 8.97. The van der Waals surface area contributed by atoms with Crippen molar-refractivity contribution in [2.45, 2.75) is 76.5 Å². The molecule has 0 N–H and O–H groups in total. The molecule has 2 aliphatic carbocycles. The van der Waals surface area contributed by atoms with Gasteiger partial charge in [0.2, 0.25) is 11.6 Å². The van der Waals surface area contributed by atoms with E-state index in [4.69, 9.17) is 9.47 Å². The first-order valence-electron chi connectivity index (χ1n) is 13.2. The normalized spacial score (nSPS) is 24.4. The zero-order valence-electron chi connectivity index (χ0n) is 21.0. The first-order chi connectivity index (χ1) is 17.4. The summed E-state index contributed by atoms with van der Waals surface area (Å²) >= 11 is 0. The third-order valence-electron chi connectivity index (χ3n) is 7.95. The molecule has 0 heterocycles. The second kappa shape index (κ2) is 12.2. The van der Waals surface area contributed by atoms with E-state index in [1.54, 1.807) is 24.3 Å². The van der Waals surface area contributed by atoms with Crippen molar-refractivity contribution in [1.82, 2.24) is 0 Å². The molecular formula is C30H36F4O2. The molecular weight excluding hydrogens is 468 g/mol. The Labute approximate surface area is 211 Å². The average Bonchev–Trinajstić information content (AvgIpc) is 2.89. The SMILES string of the molecule is C=CCCOc1ccc(C2CCC(COc3ccc(C4CCC(C)CC4)c(F)c3F)CC2)c(F)c1F. The fourth-order valence-electron chi connectivity index (χ4n) is 5.62. The molecule has 0 saturated heterocycles. The summed E-state index contributed by atoms with van der Waals surface area (Å²) in [5.74, 6) is -2.87. The van der Waals surface area contributed by atoms with Crippen LogP contribution in [0.2, 0.25) is 0 Å². The van der Waals surface area contributed by atoms with Crippen molar-refractivity contribution in [3.63, 3.8) is 0 Å². The Bertz CT molecular complexity index is 1040. The van der Waals surface area contributed by atoms with Crippen LogP contribution in [0.1, 0.15) is 87.7 Å². The van der Waals surface area contributed by atoms with Crippen LogP contribution >= 0.6 is 0 Å². The van der Waals surface area contributed by atoms with Gasteiger partial charge in [-0.25, -0.2) is 8.78 Å². The van der Waals surface area contributed by atoms with Gasteiger partial charge in [-0.3, -0.25) is 0 Å². The lowest BCUT2D eigenvalue weighted by atomic mass is 9.78. The van der Waals surface area contributed by atoms with Crippen LogP contribution in [0, 0.1) is 35.1 Å². The van der Waals surface area contributed by atoms with Crippen LogP contribution in [0.3, 0.4) is 0 Å². The van der Waals surface area contributed by atoms with Crippen LogP contribution in [0.25, 0.3) is 0 Å². The Morgan fingerprint density at radius 3 is 1.75 bits per heavy atom. The molecule has 0 aliphatic heterocycles. The maximum atomic E-state index is 14.8. The summed E-state index contributed by atoms with van der Waals surface area (Å²) in [4.78, 5) is 0. The van der Waals surface area contributed by atoms with Gasteiger partial charge in [0, 0.05) is 0 Å². The van der Waals surface area contributed by atoms with E-state index in [2.05, 4.69) is 13.5 Å². The average molecular weight is 505 g/mol. The van der Waals surface area contributed by atoms with Gasteiger partial charge in [-0.2, -0.15) is 8.78 Å². The maximum absolute atomic E-state index is 14.8. The summed E-state index contributed by atoms with van der Waals surface area (Å²) in [5, 5.41) is 0. The minimum atomic E-state index is -0.953. The number of rotatable bonds is 9. The molecule has 0 spiro atoms. The van der Waals surface area contributed by atoms with Crippen LogP contribution in [-0.4, -0.2) is 13.2 Å². The van der Waals surface area contributed by atoms with Crippen molar-refractivity contribution >= 4 is 0 Å². The standard InChI is InChI=1S/C30H36F4O2/c1-3-4-17-35-25-15-13-24(27(31)29(25)33)22-11-7-20(8-12-22)18-36-26-16-14-23(28(32)30(26)34)21-9-5-19(2)6-10-21/h3,13-16,19-22H,1,4-12,17-18H2,2H3. The summed E-state index contributed by atoms with van der Waals surface area (Å²) in [5.41, 5.74) is 0.822. The molecule has 4 rings (SSSR count). The Hall–Kier alpha value is -2.50. The molecule has 2 fully saturated rings. The summed E-state index contributed by atoms with van der Waals surface area (Å²) in [6, 6.07) is 6.32. The highest BCUT2D eigenvalue weighted by Crippen LogP contribution is 2.40. The van der Waals surface area contributed by atoms with E-state index in [1.807, 2.05) is 0 Å². The summed E-state index contributed by atoms with van der Waals surface area (Å²) in [7, 11) is 0. The highest BCUT2D eigenvalue weighted by Gasteiger charge is 2.28. The van der Waals surface area contributed by atoms with E-state index in [9.17, 15) is 17.6 Å². The van der Waals surface area contributed by atoms with Crippen LogP contribution in [0.5, 0.6) is 11.5 Å². The fraction of sp³-hybridized carbons (Fsp3) is 0.533. The molecule has 2 aromatic rings. The summed E-state index contributed by atoms with van der Waals surface area (Å²) < 4.78 is 69.7. The van der Waals surface area contributed by atoms with Crippen molar-refractivity contribution in [3.05, 3.63) is 71.3 Å². The first kappa shape index (κ1) is 26.6. The van der Waals surface area contributed by atoms with Gasteiger partial charge in [-0.15, -0.1) is 6.58 Å². The molecule has 2 nitrogen and oxygen atoms in total. The monoisotopic (exact) mass is 504 g/mol. The molecule has 0 radical (unpaired) electrons. The Morgan fingerprint density at radius 2 is 1.22 bits per heavy atom. The van der Waals surface area contributed by atoms with Crippen molar-refractivity contribution in [1.29, 1.82) is 0 Å². The van der Waals surface area contributed by atoms with E-state index in [0.717, 1.165) is 38.5 Å². The van der Waals surface area contributed by atoms with Gasteiger partial charge in [0.1, 0.15) is 0 Å². The van der Waals surface area contributed by atoms with E-state index < -0.39 is 23.3 Å². The van der Waals surface area contributed by atoms with Crippen molar-refractivity contribution < 1.29 is 27.0 Å². The highest BCUT2D eigenvalue weighted by atomic mass is 19.2. The number of halogens is 4. The van der Waals surface area contributed by atoms with Gasteiger partial charge in [0.15, 0.2) is 23.1 Å². The van der Waals surface area contributed by atoms with Gasteiger partial charge in [-0.05, 0) is 91.9 Å². The van der Waals surface area contributed by atoms with Gasteiger partial charge in [0.25, 0.3) is 0 Å². The predicted molar refractivity (Wildman–Crippen MR) is 134 cm³/mol. The molecule has 6 heteroatoms. The highest BCUT2D eigenvalue weighted by molar-refractivity contribution is 5.34. The minimum absolute atomic E-state index is 0.0530. The van der Waals surface area contributed by atoms with Gasteiger partial charge in [-0.1, -0.05) is 38.0 Å². The third kappa shape index (κ3) is 6.07. The van der Waals surface area contributed by atoms with Gasteiger partial charge in [0.05, 0.1) is 13.2 Å². The molecule has 0 unspecified atom stereocenters. The minimum Gasteiger partial charge on any atom is -0.490 e. The zero-order chi connectivity index (χ0) is 25.7. The third-order valence-corrected chi connectivity index (χ3v) is 7.95. The molecule has 2 saturated carbocycles. The molecule has 0 atom stereocenters. The molecule has 2 aliphatic rings. The molecule has 2 aromatic carbocycles. The van der Waals surface area contributed by atoms with E-state index in [-0.39, 0.29) is 42.5 Å². The number of benzene rings is 2. The van der Waals surface area contributed by atoms with Crippen molar-refractivity contribution in [2.75, 3.05) is 13.2 Å². The lowest BCUT2D eigenvalue weighted by molar-refractivity contribution is 0.191. The van der Waals surface area contributed by atoms with Crippen LogP contribution < -0.4 is 9.47 Å².